The van der Waals surface area contributed by atoms with Gasteiger partial charge in [-0.2, -0.15) is 13.5 Å². The van der Waals surface area contributed by atoms with Crippen molar-refractivity contribution in [1.82, 2.24) is 30.1 Å². The number of carboxylic acids is 1. The number of benzene rings is 1. The second-order valence-corrected chi connectivity index (χ2v) is 17.9. The molecule has 5 heterocycles. The second kappa shape index (κ2) is 17.1. The number of piperidine rings is 1. The number of oxime groups is 1. The minimum atomic E-state index is -5.03. The molecule has 3 aromatic rings. The summed E-state index contributed by atoms with van der Waals surface area (Å²) in [5.41, 5.74) is 3.86. The van der Waals surface area contributed by atoms with Crippen LogP contribution < -0.4 is 21.1 Å². The molecule has 0 spiro atoms. The van der Waals surface area contributed by atoms with Crippen LogP contribution in [0.3, 0.4) is 0 Å². The van der Waals surface area contributed by atoms with Crippen LogP contribution in [0, 0.1) is 5.92 Å². The predicted octanol–water partition coefficient (Wildman–Crippen LogP) is 2.11. The zero-order chi connectivity index (χ0) is 42.9. The minimum absolute atomic E-state index is 0.0525. The number of β-lactam (4-membered cyclic amide) rings is 1. The first kappa shape index (κ1) is 43.2. The summed E-state index contributed by atoms with van der Waals surface area (Å²) < 4.78 is 46.8. The fourth-order valence-corrected chi connectivity index (χ4v) is 7.73. The van der Waals surface area contributed by atoms with Gasteiger partial charge in [0.15, 0.2) is 10.8 Å². The lowest BCUT2D eigenvalue weighted by atomic mass is 9.84. The highest BCUT2D eigenvalue weighted by molar-refractivity contribution is 7.80. The van der Waals surface area contributed by atoms with Gasteiger partial charge < -0.3 is 45.6 Å². The number of amides is 3. The third kappa shape index (κ3) is 10.8. The molecule has 6 rings (SSSR count). The fourth-order valence-electron chi connectivity index (χ4n) is 6.72. The van der Waals surface area contributed by atoms with E-state index in [9.17, 15) is 32.7 Å². The highest BCUT2D eigenvalue weighted by Gasteiger charge is 2.58. The summed E-state index contributed by atoms with van der Waals surface area (Å²) in [7, 11) is -5.03. The number of thiazole rings is 1. The van der Waals surface area contributed by atoms with E-state index in [1.54, 1.807) is 23.1 Å². The Morgan fingerprint density at radius 3 is 2.44 bits per heavy atom. The van der Waals surface area contributed by atoms with Crippen molar-refractivity contribution in [2.75, 3.05) is 50.4 Å². The van der Waals surface area contributed by atoms with Crippen LogP contribution >= 0.6 is 11.3 Å². The Morgan fingerprint density at radius 1 is 1.12 bits per heavy atom. The van der Waals surface area contributed by atoms with Gasteiger partial charge in [0, 0.05) is 55.4 Å². The molecule has 21 nitrogen and oxygen atoms in total. The number of carboxylic acid groups (broad SMARTS) is 1. The number of nitrogens with zero attached hydrogens (tertiary/aromatic N) is 6. The molecule has 2 unspecified atom stereocenters. The number of pyridine rings is 1. The molecule has 3 aliphatic heterocycles. The van der Waals surface area contributed by atoms with E-state index in [0.29, 0.717) is 35.3 Å². The van der Waals surface area contributed by atoms with Crippen molar-refractivity contribution in [3.8, 4) is 5.75 Å². The second-order valence-electron chi connectivity index (χ2n) is 16.0. The standard InChI is InChI=1S/C36H47N9O12S2/c1-35(2,3)55-34(50)44-16-20(17-44)15-43-12-10-22(11-13-43)38-27-9-6-21-14-23(7-8-24(21)39-27)54-18-26(32(48)49)56-42-28(25-19-58-33(37)40-25)30(46)41-29-31(47)45(36(29,4)5)57-59(51,52)53/h6-9,14,19-20,22,26,29H,10-13,15-18H2,1-5H3,(H2,37,40)(H,38,39)(H,41,46)(H,48,49)(H,51,52,53). The Bertz CT molecular complexity index is 2210. The van der Waals surface area contributed by atoms with E-state index in [-0.39, 0.29) is 23.0 Å². The number of hydrogen-bond donors (Lipinski definition) is 5. The van der Waals surface area contributed by atoms with Crippen molar-refractivity contribution < 1.29 is 55.9 Å². The molecule has 0 aliphatic carbocycles. The molecular formula is C36H47N9O12S2. The maximum absolute atomic E-state index is 13.3. The molecule has 1 aromatic carbocycles. The maximum Gasteiger partial charge on any atom is 0.418 e. The van der Waals surface area contributed by atoms with Gasteiger partial charge in [-0.15, -0.1) is 15.6 Å². The molecule has 0 saturated carbocycles. The number of hydroxylamine groups is 2. The fraction of sp³-hybridized carbons (Fsp3) is 0.528. The monoisotopic (exact) mass is 861 g/mol. The summed E-state index contributed by atoms with van der Waals surface area (Å²) in [6.07, 6.45) is -0.0709. The number of nitrogens with one attached hydrogen (secondary N) is 2. The number of aliphatic carboxylic acids is 1. The van der Waals surface area contributed by atoms with Crippen molar-refractivity contribution in [1.29, 1.82) is 0 Å². The Hall–Kier alpha value is -5.36. The molecule has 0 bridgehead atoms. The molecule has 0 radical (unpaired) electrons. The van der Waals surface area contributed by atoms with E-state index in [0.717, 1.165) is 55.0 Å². The third-order valence-corrected chi connectivity index (χ3v) is 10.8. The Labute approximate surface area is 343 Å². The summed E-state index contributed by atoms with van der Waals surface area (Å²) in [5, 5.41) is 22.1. The topological polar surface area (TPSA) is 278 Å². The van der Waals surface area contributed by atoms with Crippen LogP contribution in [-0.4, -0.2) is 141 Å². The van der Waals surface area contributed by atoms with E-state index in [4.69, 9.17) is 29.6 Å². The van der Waals surface area contributed by atoms with Crippen molar-refractivity contribution in [2.45, 2.75) is 76.8 Å². The van der Waals surface area contributed by atoms with Gasteiger partial charge in [-0.3, -0.25) is 14.1 Å². The lowest BCUT2D eigenvalue weighted by molar-refractivity contribution is -0.218. The van der Waals surface area contributed by atoms with Crippen LogP contribution in [-0.2, 0) is 38.6 Å². The molecular weight excluding hydrogens is 815 g/mol. The lowest BCUT2D eigenvalue weighted by Gasteiger charge is -2.50. The van der Waals surface area contributed by atoms with Crippen molar-refractivity contribution in [2.24, 2.45) is 11.1 Å². The molecule has 6 N–H and O–H groups in total. The number of nitrogens with two attached hydrogens (primary N) is 1. The third-order valence-electron chi connectivity index (χ3n) is 9.77. The number of likely N-dealkylation sites (tertiary alicyclic amines) is 2. The van der Waals surface area contributed by atoms with Gasteiger partial charge in [0.05, 0.1) is 11.1 Å². The van der Waals surface area contributed by atoms with Crippen LogP contribution in [0.2, 0.25) is 0 Å². The van der Waals surface area contributed by atoms with E-state index in [2.05, 4.69) is 30.0 Å². The van der Waals surface area contributed by atoms with Gasteiger partial charge >= 0.3 is 22.5 Å². The molecule has 3 amide bonds. The number of carbonyl (C=O) groups excluding carboxylic acids is 3. The number of carbonyl (C=O) groups is 4. The Balaban J connectivity index is 1.01. The van der Waals surface area contributed by atoms with Crippen molar-refractivity contribution in [3.05, 3.63) is 41.4 Å². The van der Waals surface area contributed by atoms with E-state index >= 15 is 0 Å². The van der Waals surface area contributed by atoms with Crippen LogP contribution in [0.25, 0.3) is 10.9 Å². The molecule has 2 atom stereocenters. The zero-order valence-corrected chi connectivity index (χ0v) is 34.6. The first-order valence-corrected chi connectivity index (χ1v) is 20.9. The summed E-state index contributed by atoms with van der Waals surface area (Å²) in [5.74, 6) is -2.00. The first-order valence-electron chi connectivity index (χ1n) is 18.7. The molecule has 3 saturated heterocycles. The number of nitrogen functional groups attached to an aromatic ring is 1. The predicted molar refractivity (Wildman–Crippen MR) is 213 cm³/mol. The minimum Gasteiger partial charge on any atom is -0.489 e. The molecule has 2 aromatic heterocycles. The number of anilines is 2. The van der Waals surface area contributed by atoms with Gasteiger partial charge in [-0.25, -0.2) is 19.6 Å². The zero-order valence-electron chi connectivity index (χ0n) is 33.0. The van der Waals surface area contributed by atoms with E-state index < -0.39 is 63.8 Å². The first-order chi connectivity index (χ1) is 27.6. The number of rotatable bonds is 15. The molecule has 3 aliphatic rings. The molecule has 59 heavy (non-hydrogen) atoms. The lowest BCUT2D eigenvalue weighted by Crippen LogP contribution is -2.76. The van der Waals surface area contributed by atoms with Gasteiger partial charge in [0.2, 0.25) is 0 Å². The van der Waals surface area contributed by atoms with Gasteiger partial charge in [-0.05, 0) is 77.8 Å². The summed E-state index contributed by atoms with van der Waals surface area (Å²) in [4.78, 5) is 68.5. The highest BCUT2D eigenvalue weighted by Crippen LogP contribution is 2.33. The van der Waals surface area contributed by atoms with Gasteiger partial charge in [0.1, 0.15) is 35.5 Å². The Morgan fingerprint density at radius 2 is 1.83 bits per heavy atom. The van der Waals surface area contributed by atoms with E-state index in [1.165, 1.54) is 19.2 Å². The number of aromatic nitrogens is 2. The van der Waals surface area contributed by atoms with Crippen LogP contribution in [0.15, 0.2) is 40.9 Å². The van der Waals surface area contributed by atoms with Crippen molar-refractivity contribution in [3.63, 3.8) is 0 Å². The van der Waals surface area contributed by atoms with Crippen LogP contribution in [0.5, 0.6) is 5.75 Å². The summed E-state index contributed by atoms with van der Waals surface area (Å²) in [6, 6.07) is 7.72. The Kier molecular flexibility index (Phi) is 12.5. The maximum atomic E-state index is 13.3. The number of fused-ring (bicyclic) bond motifs is 1. The molecule has 23 heteroatoms. The van der Waals surface area contributed by atoms with Crippen LogP contribution in [0.1, 0.15) is 53.2 Å². The number of ether oxygens (including phenoxy) is 2. The molecule has 320 valence electrons. The smallest absolute Gasteiger partial charge is 0.418 e. The SMILES string of the molecule is CC(C)(C)OC(=O)N1CC(CN2CCC(Nc3ccc4cc(OCC(ON=C(C(=O)NC5C(=O)N(OS(=O)(=O)O)C5(C)C)c5csc(N)n5)C(=O)O)ccc4n3)CC2)C1. The molecule has 3 fully saturated rings. The summed E-state index contributed by atoms with van der Waals surface area (Å²) in [6.45, 7) is 12.0. The van der Waals surface area contributed by atoms with Gasteiger partial charge in [0.25, 0.3) is 17.9 Å². The number of hydrogen-bond acceptors (Lipinski definition) is 17. The van der Waals surface area contributed by atoms with E-state index in [1.807, 2.05) is 32.9 Å². The average Bonchev–Trinajstić information content (AvgIpc) is 3.56. The van der Waals surface area contributed by atoms with Crippen molar-refractivity contribution >= 4 is 73.2 Å². The largest absolute Gasteiger partial charge is 0.489 e. The van der Waals surface area contributed by atoms with Gasteiger partial charge in [-0.1, -0.05) is 5.16 Å². The highest BCUT2D eigenvalue weighted by atomic mass is 32.3. The quantitative estimate of drug-likeness (QED) is 0.0633. The van der Waals surface area contributed by atoms with Crippen LogP contribution in [0.4, 0.5) is 15.7 Å². The average molecular weight is 862 g/mol. The summed E-state index contributed by atoms with van der Waals surface area (Å²) >= 11 is 0.957. The normalized spacial score (nSPS) is 19.7.